The SMILES string of the molecule is CC1Oc2cc(NC(=O)c3cccc(Cl)c3)ccc2N(CCN2CCOCC2)C1=O. The van der Waals surface area contributed by atoms with Crippen LogP contribution in [0.25, 0.3) is 0 Å². The van der Waals surface area contributed by atoms with E-state index in [1.54, 1.807) is 48.2 Å². The van der Waals surface area contributed by atoms with Gasteiger partial charge in [-0.25, -0.2) is 0 Å². The molecule has 1 N–H and O–H groups in total. The van der Waals surface area contributed by atoms with Gasteiger partial charge in [0.2, 0.25) is 0 Å². The number of nitrogens with one attached hydrogen (secondary N) is 1. The molecule has 0 bridgehead atoms. The fraction of sp³-hybridized carbons (Fsp3) is 0.364. The van der Waals surface area contributed by atoms with Crippen molar-refractivity contribution in [2.24, 2.45) is 0 Å². The van der Waals surface area contributed by atoms with E-state index in [-0.39, 0.29) is 11.8 Å². The summed E-state index contributed by atoms with van der Waals surface area (Å²) in [6, 6.07) is 12.1. The Kier molecular flexibility index (Phi) is 6.22. The average molecular weight is 430 g/mol. The van der Waals surface area contributed by atoms with E-state index in [0.29, 0.717) is 34.3 Å². The highest BCUT2D eigenvalue weighted by Gasteiger charge is 2.32. The van der Waals surface area contributed by atoms with Crippen molar-refractivity contribution in [2.45, 2.75) is 13.0 Å². The largest absolute Gasteiger partial charge is 0.479 e. The third-order valence-corrected chi connectivity index (χ3v) is 5.49. The molecule has 2 aliphatic heterocycles. The van der Waals surface area contributed by atoms with E-state index in [1.165, 1.54) is 0 Å². The Hall–Kier alpha value is -2.61. The highest BCUT2D eigenvalue weighted by Crippen LogP contribution is 2.36. The molecular weight excluding hydrogens is 406 g/mol. The number of hydrogen-bond acceptors (Lipinski definition) is 5. The first-order valence-corrected chi connectivity index (χ1v) is 10.4. The maximum absolute atomic E-state index is 12.7. The summed E-state index contributed by atoms with van der Waals surface area (Å²) in [5.41, 5.74) is 1.78. The second-order valence-corrected chi connectivity index (χ2v) is 7.79. The molecule has 1 fully saturated rings. The number of carbonyl (C=O) groups is 2. The Bertz CT molecular complexity index is 946. The monoisotopic (exact) mass is 429 g/mol. The van der Waals surface area contributed by atoms with Crippen LogP contribution >= 0.6 is 11.6 Å². The van der Waals surface area contributed by atoms with Crippen molar-refractivity contribution in [3.63, 3.8) is 0 Å². The predicted octanol–water partition coefficient (Wildman–Crippen LogP) is 3.04. The third-order valence-electron chi connectivity index (χ3n) is 5.26. The van der Waals surface area contributed by atoms with Crippen LogP contribution in [0.4, 0.5) is 11.4 Å². The molecular formula is C22H24ClN3O4. The third kappa shape index (κ3) is 4.59. The molecule has 1 saturated heterocycles. The minimum absolute atomic E-state index is 0.0635. The minimum Gasteiger partial charge on any atom is -0.479 e. The average Bonchev–Trinajstić information content (AvgIpc) is 2.75. The summed E-state index contributed by atoms with van der Waals surface area (Å²) < 4.78 is 11.2. The van der Waals surface area contributed by atoms with E-state index in [0.717, 1.165) is 32.8 Å². The predicted molar refractivity (Wildman–Crippen MR) is 116 cm³/mol. The van der Waals surface area contributed by atoms with Crippen LogP contribution in [0.15, 0.2) is 42.5 Å². The number of hydrogen-bond donors (Lipinski definition) is 1. The van der Waals surface area contributed by atoms with Crippen molar-refractivity contribution in [1.82, 2.24) is 4.90 Å². The van der Waals surface area contributed by atoms with Crippen molar-refractivity contribution < 1.29 is 19.1 Å². The van der Waals surface area contributed by atoms with E-state index in [2.05, 4.69) is 10.2 Å². The van der Waals surface area contributed by atoms with Gasteiger partial charge in [-0.05, 0) is 37.3 Å². The van der Waals surface area contributed by atoms with Gasteiger partial charge in [0.25, 0.3) is 11.8 Å². The summed E-state index contributed by atoms with van der Waals surface area (Å²) in [6.45, 7) is 6.27. The molecule has 7 nitrogen and oxygen atoms in total. The molecule has 8 heteroatoms. The lowest BCUT2D eigenvalue weighted by atomic mass is 10.1. The van der Waals surface area contributed by atoms with Gasteiger partial charge in [0, 0.05) is 48.5 Å². The maximum Gasteiger partial charge on any atom is 0.267 e. The first kappa shape index (κ1) is 20.7. The number of halogens is 1. The van der Waals surface area contributed by atoms with Crippen molar-refractivity contribution >= 4 is 34.8 Å². The van der Waals surface area contributed by atoms with Crippen LogP contribution in [0, 0.1) is 0 Å². The molecule has 2 amide bonds. The lowest BCUT2D eigenvalue weighted by Gasteiger charge is -2.35. The molecule has 2 heterocycles. The summed E-state index contributed by atoms with van der Waals surface area (Å²) in [5.74, 6) is 0.251. The number of carbonyl (C=O) groups excluding carboxylic acids is 2. The summed E-state index contributed by atoms with van der Waals surface area (Å²) >= 11 is 5.97. The quantitative estimate of drug-likeness (QED) is 0.791. The molecule has 2 aromatic rings. The molecule has 0 radical (unpaired) electrons. The van der Waals surface area contributed by atoms with Gasteiger partial charge < -0.3 is 19.7 Å². The van der Waals surface area contributed by atoms with Gasteiger partial charge in [-0.15, -0.1) is 0 Å². The molecule has 30 heavy (non-hydrogen) atoms. The molecule has 0 saturated carbocycles. The van der Waals surface area contributed by atoms with Crippen LogP contribution in [-0.4, -0.2) is 62.2 Å². The van der Waals surface area contributed by atoms with Crippen molar-refractivity contribution in [3.8, 4) is 5.75 Å². The number of benzene rings is 2. The van der Waals surface area contributed by atoms with Gasteiger partial charge in [-0.3, -0.25) is 14.5 Å². The summed E-state index contributed by atoms with van der Waals surface area (Å²) in [6.07, 6.45) is -0.582. The van der Waals surface area contributed by atoms with Crippen molar-refractivity contribution in [2.75, 3.05) is 49.6 Å². The molecule has 1 atom stereocenters. The smallest absolute Gasteiger partial charge is 0.267 e. The van der Waals surface area contributed by atoms with Crippen LogP contribution in [0.3, 0.4) is 0 Å². The topological polar surface area (TPSA) is 71.1 Å². The van der Waals surface area contributed by atoms with Crippen molar-refractivity contribution in [3.05, 3.63) is 53.1 Å². The number of ether oxygens (including phenoxy) is 2. The van der Waals surface area contributed by atoms with E-state index >= 15 is 0 Å². The lowest BCUT2D eigenvalue weighted by molar-refractivity contribution is -0.125. The van der Waals surface area contributed by atoms with Gasteiger partial charge in [0.1, 0.15) is 5.75 Å². The Balaban J connectivity index is 1.49. The standard InChI is InChI=1S/C22H24ClN3O4/c1-15-22(28)26(8-7-25-9-11-29-12-10-25)19-6-5-18(14-20(19)30-15)24-21(27)16-3-2-4-17(23)13-16/h2-6,13-15H,7-12H2,1H3,(H,24,27). The number of rotatable bonds is 5. The summed E-state index contributed by atoms with van der Waals surface area (Å²) in [7, 11) is 0. The molecule has 158 valence electrons. The van der Waals surface area contributed by atoms with E-state index in [1.807, 2.05) is 6.07 Å². The fourth-order valence-corrected chi connectivity index (χ4v) is 3.81. The highest BCUT2D eigenvalue weighted by molar-refractivity contribution is 6.31. The maximum atomic E-state index is 12.7. The summed E-state index contributed by atoms with van der Waals surface area (Å²) in [4.78, 5) is 29.3. The van der Waals surface area contributed by atoms with Gasteiger partial charge >= 0.3 is 0 Å². The molecule has 2 aromatic carbocycles. The zero-order valence-electron chi connectivity index (χ0n) is 16.8. The zero-order valence-corrected chi connectivity index (χ0v) is 17.5. The van der Waals surface area contributed by atoms with Gasteiger partial charge in [0.15, 0.2) is 6.10 Å². The second-order valence-electron chi connectivity index (χ2n) is 7.35. The van der Waals surface area contributed by atoms with Crippen molar-refractivity contribution in [1.29, 1.82) is 0 Å². The van der Waals surface area contributed by atoms with Crippen LogP contribution < -0.4 is 15.0 Å². The molecule has 2 aliphatic rings. The number of nitrogens with zero attached hydrogens (tertiary/aromatic N) is 2. The van der Waals surface area contributed by atoms with E-state index in [4.69, 9.17) is 21.1 Å². The first-order chi connectivity index (χ1) is 14.5. The van der Waals surface area contributed by atoms with Crippen LogP contribution in [0.2, 0.25) is 5.02 Å². The Morgan fingerprint density at radius 2 is 1.97 bits per heavy atom. The van der Waals surface area contributed by atoms with Gasteiger partial charge in [-0.1, -0.05) is 17.7 Å². The van der Waals surface area contributed by atoms with Gasteiger partial charge in [0.05, 0.1) is 18.9 Å². The van der Waals surface area contributed by atoms with Gasteiger partial charge in [-0.2, -0.15) is 0 Å². The highest BCUT2D eigenvalue weighted by atomic mass is 35.5. The summed E-state index contributed by atoms with van der Waals surface area (Å²) in [5, 5.41) is 3.36. The molecule has 4 rings (SSSR count). The number of fused-ring (bicyclic) bond motifs is 1. The van der Waals surface area contributed by atoms with E-state index in [9.17, 15) is 9.59 Å². The molecule has 1 unspecified atom stereocenters. The van der Waals surface area contributed by atoms with Crippen LogP contribution in [0.1, 0.15) is 17.3 Å². The molecule has 0 aromatic heterocycles. The zero-order chi connectivity index (χ0) is 21.1. The van der Waals surface area contributed by atoms with E-state index < -0.39 is 6.10 Å². The number of amides is 2. The Morgan fingerprint density at radius 3 is 2.73 bits per heavy atom. The number of morpholine rings is 1. The molecule has 0 spiro atoms. The van der Waals surface area contributed by atoms with Crippen LogP contribution in [0.5, 0.6) is 5.75 Å². The minimum atomic E-state index is -0.582. The number of anilines is 2. The Morgan fingerprint density at radius 1 is 1.17 bits per heavy atom. The molecule has 0 aliphatic carbocycles. The fourth-order valence-electron chi connectivity index (χ4n) is 3.62. The first-order valence-electron chi connectivity index (χ1n) is 10.0. The van der Waals surface area contributed by atoms with Crippen LogP contribution in [-0.2, 0) is 9.53 Å². The second kappa shape index (κ2) is 9.04. The normalized spacial score (nSPS) is 19.2. The lowest BCUT2D eigenvalue weighted by Crippen LogP contribution is -2.48. The Labute approximate surface area is 180 Å².